The minimum Gasteiger partial charge on any atom is -0.485 e. The number of hydrogen-bond donors (Lipinski definition) is 2. The first-order valence-electron chi connectivity index (χ1n) is 8.29. The molecule has 0 unspecified atom stereocenters. The number of carbonyl (C=O) groups is 1. The molecular weight excluding hydrogens is 324 g/mol. The number of amides is 1. The summed E-state index contributed by atoms with van der Waals surface area (Å²) < 4.78 is 15.7. The Morgan fingerprint density at radius 3 is 2.84 bits per heavy atom. The molecule has 0 bridgehead atoms. The first-order chi connectivity index (χ1) is 12.2. The fraction of sp³-hybridized carbons (Fsp3) is 0.471. The molecule has 0 spiro atoms. The molecule has 1 aromatic heterocycles. The lowest BCUT2D eigenvalue weighted by atomic mass is 10.3. The summed E-state index contributed by atoms with van der Waals surface area (Å²) in [4.78, 5) is 16.1. The van der Waals surface area contributed by atoms with Crippen LogP contribution >= 0.6 is 0 Å². The van der Waals surface area contributed by atoms with E-state index in [-0.39, 0.29) is 19.1 Å². The third-order valence-electron chi connectivity index (χ3n) is 3.68. The molecule has 3 rings (SSSR count). The highest BCUT2D eigenvalue weighted by Crippen LogP contribution is 2.38. The van der Waals surface area contributed by atoms with Gasteiger partial charge in [-0.25, -0.2) is 0 Å². The molecule has 0 radical (unpaired) electrons. The van der Waals surface area contributed by atoms with Gasteiger partial charge in [0.2, 0.25) is 17.6 Å². The van der Waals surface area contributed by atoms with Crippen molar-refractivity contribution in [2.75, 3.05) is 32.1 Å². The van der Waals surface area contributed by atoms with Gasteiger partial charge in [0.25, 0.3) is 0 Å². The zero-order chi connectivity index (χ0) is 17.5. The molecule has 25 heavy (non-hydrogen) atoms. The predicted octanol–water partition coefficient (Wildman–Crippen LogP) is 1.70. The maximum Gasteiger partial charge on any atom is 0.238 e. The van der Waals surface area contributed by atoms with Gasteiger partial charge in [-0.05, 0) is 37.1 Å². The fourth-order valence-corrected chi connectivity index (χ4v) is 2.19. The Morgan fingerprint density at radius 2 is 2.12 bits per heavy atom. The minimum atomic E-state index is -0.107. The lowest BCUT2D eigenvalue weighted by Crippen LogP contribution is -2.30. The second kappa shape index (κ2) is 8.59. The molecule has 1 aliphatic rings. The minimum absolute atomic E-state index is 0.107. The van der Waals surface area contributed by atoms with Crippen molar-refractivity contribution in [3.63, 3.8) is 0 Å². The van der Waals surface area contributed by atoms with E-state index in [0.29, 0.717) is 42.2 Å². The van der Waals surface area contributed by atoms with Gasteiger partial charge in [0.1, 0.15) is 5.75 Å². The summed E-state index contributed by atoms with van der Waals surface area (Å²) in [6, 6.07) is 7.15. The van der Waals surface area contributed by atoms with E-state index in [2.05, 4.69) is 20.8 Å². The van der Waals surface area contributed by atoms with E-state index in [9.17, 15) is 4.79 Å². The third-order valence-corrected chi connectivity index (χ3v) is 3.68. The largest absolute Gasteiger partial charge is 0.485 e. The molecular formula is C17H22N4O4. The van der Waals surface area contributed by atoms with Crippen molar-refractivity contribution in [3.05, 3.63) is 36.0 Å². The van der Waals surface area contributed by atoms with E-state index < -0.39 is 0 Å². The Bertz CT molecular complexity index is 682. The van der Waals surface area contributed by atoms with Gasteiger partial charge in [0, 0.05) is 25.3 Å². The van der Waals surface area contributed by atoms with Crippen molar-refractivity contribution in [2.24, 2.45) is 0 Å². The smallest absolute Gasteiger partial charge is 0.238 e. The second-order valence-electron chi connectivity index (χ2n) is 5.85. The van der Waals surface area contributed by atoms with Crippen LogP contribution in [0.25, 0.3) is 0 Å². The lowest BCUT2D eigenvalue weighted by Gasteiger charge is -2.08. The van der Waals surface area contributed by atoms with Crippen LogP contribution in [0.3, 0.4) is 0 Å². The molecule has 1 saturated carbocycles. The van der Waals surface area contributed by atoms with E-state index >= 15 is 0 Å². The number of carbonyl (C=O) groups excluding carboxylic acids is 1. The first-order valence-corrected chi connectivity index (χ1v) is 8.29. The molecule has 8 heteroatoms. The quantitative estimate of drug-likeness (QED) is 0.632. The van der Waals surface area contributed by atoms with Gasteiger partial charge in [0.05, 0.1) is 13.2 Å². The van der Waals surface area contributed by atoms with Crippen LogP contribution in [0.2, 0.25) is 0 Å². The second-order valence-corrected chi connectivity index (χ2v) is 5.85. The van der Waals surface area contributed by atoms with Crippen molar-refractivity contribution in [3.8, 4) is 5.75 Å². The summed E-state index contributed by atoms with van der Waals surface area (Å²) in [7, 11) is 1.62. The molecule has 0 atom stereocenters. The fourth-order valence-electron chi connectivity index (χ4n) is 2.19. The molecule has 1 heterocycles. The molecule has 0 aliphatic heterocycles. The van der Waals surface area contributed by atoms with Crippen LogP contribution in [0.4, 0.5) is 5.69 Å². The number of aromatic nitrogens is 2. The monoisotopic (exact) mass is 346 g/mol. The van der Waals surface area contributed by atoms with Crippen LogP contribution in [0.5, 0.6) is 5.75 Å². The Labute approximate surface area is 145 Å². The van der Waals surface area contributed by atoms with Crippen LogP contribution < -0.4 is 15.4 Å². The zero-order valence-corrected chi connectivity index (χ0v) is 14.2. The van der Waals surface area contributed by atoms with Crippen LogP contribution in [0.1, 0.15) is 30.5 Å². The van der Waals surface area contributed by atoms with E-state index in [0.717, 1.165) is 12.8 Å². The van der Waals surface area contributed by atoms with Gasteiger partial charge >= 0.3 is 0 Å². The highest BCUT2D eigenvalue weighted by molar-refractivity contribution is 5.92. The number of nitrogens with zero attached hydrogens (tertiary/aromatic N) is 2. The molecule has 1 amide bonds. The molecule has 1 aromatic carbocycles. The number of nitrogens with one attached hydrogen (secondary N) is 2. The van der Waals surface area contributed by atoms with Gasteiger partial charge in [-0.3, -0.25) is 4.79 Å². The molecule has 1 aliphatic carbocycles. The maximum absolute atomic E-state index is 11.8. The van der Waals surface area contributed by atoms with Crippen LogP contribution in [0.15, 0.2) is 28.8 Å². The molecule has 1 fully saturated rings. The van der Waals surface area contributed by atoms with Crippen LogP contribution in [0, 0.1) is 0 Å². The van der Waals surface area contributed by atoms with E-state index in [1.165, 1.54) is 0 Å². The third kappa shape index (κ3) is 5.54. The van der Waals surface area contributed by atoms with Crippen LogP contribution in [-0.4, -0.2) is 42.9 Å². The Kier molecular flexibility index (Phi) is 5.97. The standard InChI is InChI=1S/C17H22N4O4/c1-23-9-8-18-10-16(22)19-13-4-6-14(7-5-13)24-11-15-20-17(25-21-15)12-2-3-12/h4-7,12,18H,2-3,8-11H2,1H3,(H,19,22). The highest BCUT2D eigenvalue weighted by Gasteiger charge is 2.29. The van der Waals surface area contributed by atoms with Gasteiger partial charge in [-0.2, -0.15) is 4.98 Å². The lowest BCUT2D eigenvalue weighted by molar-refractivity contribution is -0.115. The predicted molar refractivity (Wildman–Crippen MR) is 90.4 cm³/mol. The van der Waals surface area contributed by atoms with Gasteiger partial charge < -0.3 is 24.6 Å². The summed E-state index contributed by atoms with van der Waals surface area (Å²) in [5.41, 5.74) is 0.710. The molecule has 8 nitrogen and oxygen atoms in total. The maximum atomic E-state index is 11.8. The molecule has 134 valence electrons. The average molecular weight is 346 g/mol. The topological polar surface area (TPSA) is 98.5 Å². The van der Waals surface area contributed by atoms with Crippen molar-refractivity contribution >= 4 is 11.6 Å². The van der Waals surface area contributed by atoms with Gasteiger partial charge in [0.15, 0.2) is 6.61 Å². The Balaban J connectivity index is 1.41. The van der Waals surface area contributed by atoms with Crippen molar-refractivity contribution in [2.45, 2.75) is 25.4 Å². The van der Waals surface area contributed by atoms with E-state index in [1.54, 1.807) is 31.4 Å². The summed E-state index contributed by atoms with van der Waals surface area (Å²) >= 11 is 0. The molecule has 2 aromatic rings. The van der Waals surface area contributed by atoms with Gasteiger partial charge in [-0.15, -0.1) is 0 Å². The summed E-state index contributed by atoms with van der Waals surface area (Å²) in [5, 5.41) is 9.70. The number of rotatable bonds is 10. The van der Waals surface area contributed by atoms with Crippen LogP contribution in [-0.2, 0) is 16.1 Å². The van der Waals surface area contributed by atoms with Crippen molar-refractivity contribution in [1.82, 2.24) is 15.5 Å². The average Bonchev–Trinajstić information content (AvgIpc) is 3.37. The van der Waals surface area contributed by atoms with Gasteiger partial charge in [-0.1, -0.05) is 5.16 Å². The zero-order valence-electron chi connectivity index (χ0n) is 14.2. The first kappa shape index (κ1) is 17.4. The van der Waals surface area contributed by atoms with E-state index in [4.69, 9.17) is 14.0 Å². The molecule has 2 N–H and O–H groups in total. The number of hydrogen-bond acceptors (Lipinski definition) is 7. The number of ether oxygens (including phenoxy) is 2. The summed E-state index contributed by atoms with van der Waals surface area (Å²) in [6.45, 7) is 1.70. The van der Waals surface area contributed by atoms with E-state index in [1.807, 2.05) is 0 Å². The number of benzene rings is 1. The summed E-state index contributed by atoms with van der Waals surface area (Å²) in [5.74, 6) is 2.25. The summed E-state index contributed by atoms with van der Waals surface area (Å²) in [6.07, 6.45) is 2.25. The Morgan fingerprint density at radius 1 is 1.32 bits per heavy atom. The number of anilines is 1. The van der Waals surface area contributed by atoms with Crippen molar-refractivity contribution in [1.29, 1.82) is 0 Å². The number of methoxy groups -OCH3 is 1. The SMILES string of the molecule is COCCNCC(=O)Nc1ccc(OCc2noc(C3CC3)n2)cc1. The normalized spacial score (nSPS) is 13.6. The van der Waals surface area contributed by atoms with Crippen molar-refractivity contribution < 1.29 is 18.8 Å². The highest BCUT2D eigenvalue weighted by atomic mass is 16.5. The Hall–Kier alpha value is -2.45. The molecule has 0 saturated heterocycles.